The van der Waals surface area contributed by atoms with Crippen LogP contribution in [0.25, 0.3) is 0 Å². The summed E-state index contributed by atoms with van der Waals surface area (Å²) in [5, 5.41) is 0. The Morgan fingerprint density at radius 3 is 2.73 bits per heavy atom. The van der Waals surface area contributed by atoms with E-state index in [-0.39, 0.29) is 0 Å². The van der Waals surface area contributed by atoms with E-state index in [4.69, 9.17) is 10.5 Å². The molecule has 0 rings (SSSR count). The summed E-state index contributed by atoms with van der Waals surface area (Å²) in [4.78, 5) is 10.2. The Labute approximate surface area is 66.5 Å². The van der Waals surface area contributed by atoms with Gasteiger partial charge in [-0.3, -0.25) is 4.79 Å². The minimum Gasteiger partial charge on any atom is -0.404 e. The van der Waals surface area contributed by atoms with Gasteiger partial charge in [-0.05, 0) is 18.2 Å². The maximum atomic E-state index is 10.2. The van der Waals surface area contributed by atoms with Gasteiger partial charge in [-0.2, -0.15) is 0 Å². The van der Waals surface area contributed by atoms with Crippen LogP contribution < -0.4 is 5.73 Å². The molecule has 62 valence electrons. The summed E-state index contributed by atoms with van der Waals surface area (Å²) in [6, 6.07) is 0. The first-order valence-corrected chi connectivity index (χ1v) is 3.30. The van der Waals surface area contributed by atoms with Gasteiger partial charge < -0.3 is 10.5 Å². The fourth-order valence-electron chi connectivity index (χ4n) is 0.639. The molecular weight excluding hydrogens is 142 g/mol. The summed E-state index contributed by atoms with van der Waals surface area (Å²) in [7, 11) is 1.60. The highest BCUT2D eigenvalue weighted by molar-refractivity contribution is 5.78. The van der Waals surface area contributed by atoms with Gasteiger partial charge in [0.25, 0.3) is 0 Å². The van der Waals surface area contributed by atoms with Gasteiger partial charge in [-0.1, -0.05) is 6.58 Å². The van der Waals surface area contributed by atoms with Crippen molar-refractivity contribution in [1.29, 1.82) is 0 Å². The van der Waals surface area contributed by atoms with Crippen LogP contribution in [0.15, 0.2) is 23.9 Å². The van der Waals surface area contributed by atoms with Gasteiger partial charge in [0.05, 0.1) is 6.61 Å². The van der Waals surface area contributed by atoms with Gasteiger partial charge in [0.1, 0.15) is 6.29 Å². The van der Waals surface area contributed by atoms with Crippen molar-refractivity contribution in [3.63, 3.8) is 0 Å². The van der Waals surface area contributed by atoms with E-state index < -0.39 is 0 Å². The van der Waals surface area contributed by atoms with Crippen LogP contribution in [-0.2, 0) is 9.53 Å². The number of methoxy groups -OCH3 is 1. The molecule has 3 heteroatoms. The number of hydrogen-bond donors (Lipinski definition) is 1. The number of ether oxygens (including phenoxy) is 1. The predicted molar refractivity (Wildman–Crippen MR) is 44.0 cm³/mol. The zero-order valence-corrected chi connectivity index (χ0v) is 6.67. The van der Waals surface area contributed by atoms with Crippen molar-refractivity contribution in [1.82, 2.24) is 0 Å². The molecule has 0 spiro atoms. The van der Waals surface area contributed by atoms with Crippen molar-refractivity contribution in [2.24, 2.45) is 5.73 Å². The molecule has 0 atom stereocenters. The van der Waals surface area contributed by atoms with Crippen LogP contribution in [0.4, 0.5) is 0 Å². The second kappa shape index (κ2) is 5.68. The van der Waals surface area contributed by atoms with E-state index in [1.165, 1.54) is 6.20 Å². The first kappa shape index (κ1) is 9.91. The van der Waals surface area contributed by atoms with E-state index in [9.17, 15) is 4.79 Å². The highest BCUT2D eigenvalue weighted by atomic mass is 16.5. The maximum Gasteiger partial charge on any atom is 0.149 e. The third kappa shape index (κ3) is 3.57. The summed E-state index contributed by atoms with van der Waals surface area (Å²) < 4.78 is 4.82. The number of rotatable bonds is 5. The fraction of sp³-hybridized carbons (Fsp3) is 0.375. The second-order valence-corrected chi connectivity index (χ2v) is 2.08. The first-order valence-electron chi connectivity index (χ1n) is 3.30. The number of hydrogen-bond acceptors (Lipinski definition) is 3. The van der Waals surface area contributed by atoms with Crippen molar-refractivity contribution in [2.45, 2.75) is 6.42 Å². The monoisotopic (exact) mass is 155 g/mol. The highest BCUT2D eigenvalue weighted by Gasteiger charge is 1.99. The van der Waals surface area contributed by atoms with Crippen molar-refractivity contribution >= 4 is 6.29 Å². The van der Waals surface area contributed by atoms with Gasteiger partial charge in [0, 0.05) is 12.7 Å². The summed E-state index contributed by atoms with van der Waals surface area (Å²) in [5.74, 6) is 0. The molecule has 11 heavy (non-hydrogen) atoms. The Morgan fingerprint density at radius 2 is 2.36 bits per heavy atom. The average molecular weight is 155 g/mol. The van der Waals surface area contributed by atoms with E-state index in [1.807, 2.05) is 0 Å². The molecule has 0 bridgehead atoms. The lowest BCUT2D eigenvalue weighted by Gasteiger charge is -2.02. The Morgan fingerprint density at radius 1 is 1.73 bits per heavy atom. The number of aldehydes is 1. The second-order valence-electron chi connectivity index (χ2n) is 2.08. The Hall–Kier alpha value is -1.09. The molecule has 0 aliphatic carbocycles. The van der Waals surface area contributed by atoms with E-state index in [0.717, 1.165) is 5.57 Å². The van der Waals surface area contributed by atoms with E-state index in [1.54, 1.807) is 7.11 Å². The average Bonchev–Trinajstić information content (AvgIpc) is 2.05. The molecule has 0 unspecified atom stereocenters. The minimum absolute atomic E-state index is 0.421. The molecule has 0 aliphatic heterocycles. The molecule has 2 N–H and O–H groups in total. The maximum absolute atomic E-state index is 10.2. The number of nitrogens with two attached hydrogens (primary N) is 1. The molecule has 0 saturated carbocycles. The standard InChI is InChI=1S/C8H13NO2/c1-7(6-10)8(5-9)3-4-11-2/h5-6H,1,3-4,9H2,2H3/b8-5-. The smallest absolute Gasteiger partial charge is 0.149 e. The highest BCUT2D eigenvalue weighted by Crippen LogP contribution is 2.07. The lowest BCUT2D eigenvalue weighted by atomic mass is 10.1. The van der Waals surface area contributed by atoms with E-state index >= 15 is 0 Å². The molecule has 0 radical (unpaired) electrons. The number of allylic oxidation sites excluding steroid dienone is 1. The molecule has 0 fully saturated rings. The minimum atomic E-state index is 0.421. The van der Waals surface area contributed by atoms with Gasteiger partial charge in [-0.25, -0.2) is 0 Å². The quantitative estimate of drug-likeness (QED) is 0.360. The lowest BCUT2D eigenvalue weighted by Crippen LogP contribution is -1.98. The van der Waals surface area contributed by atoms with Crippen LogP contribution in [0.1, 0.15) is 6.42 Å². The molecule has 0 aliphatic rings. The molecular formula is C8H13NO2. The molecule has 0 aromatic carbocycles. The SMILES string of the molecule is C=C(C=O)/C(=C\N)CCOC. The molecule has 0 saturated heterocycles. The van der Waals surface area contributed by atoms with Crippen molar-refractivity contribution in [3.05, 3.63) is 23.9 Å². The molecule has 3 nitrogen and oxygen atoms in total. The third-order valence-corrected chi connectivity index (χ3v) is 1.33. The normalized spacial score (nSPS) is 11.2. The van der Waals surface area contributed by atoms with E-state index in [2.05, 4.69) is 6.58 Å². The van der Waals surface area contributed by atoms with Crippen LogP contribution in [0.5, 0.6) is 0 Å². The summed E-state index contributed by atoms with van der Waals surface area (Å²) >= 11 is 0. The number of carbonyl (C=O) groups is 1. The van der Waals surface area contributed by atoms with Crippen LogP contribution in [0.3, 0.4) is 0 Å². The van der Waals surface area contributed by atoms with Crippen molar-refractivity contribution in [3.8, 4) is 0 Å². The Bertz CT molecular complexity index is 173. The molecule has 0 aromatic heterocycles. The largest absolute Gasteiger partial charge is 0.404 e. The summed E-state index contributed by atoms with van der Waals surface area (Å²) in [6.07, 6.45) is 2.70. The fourth-order valence-corrected chi connectivity index (χ4v) is 0.639. The molecule has 0 amide bonds. The zero-order valence-electron chi connectivity index (χ0n) is 6.67. The van der Waals surface area contributed by atoms with Crippen LogP contribution in [0.2, 0.25) is 0 Å². The van der Waals surface area contributed by atoms with Crippen LogP contribution >= 0.6 is 0 Å². The van der Waals surface area contributed by atoms with Crippen molar-refractivity contribution in [2.75, 3.05) is 13.7 Å². The number of carbonyl (C=O) groups excluding carboxylic acids is 1. The van der Waals surface area contributed by atoms with Crippen LogP contribution in [-0.4, -0.2) is 20.0 Å². The van der Waals surface area contributed by atoms with E-state index in [0.29, 0.717) is 24.9 Å². The van der Waals surface area contributed by atoms with Gasteiger partial charge >= 0.3 is 0 Å². The van der Waals surface area contributed by atoms with Crippen LogP contribution in [0, 0.1) is 0 Å². The summed E-state index contributed by atoms with van der Waals surface area (Å²) in [5.41, 5.74) is 6.41. The molecule has 0 heterocycles. The molecule has 0 aromatic rings. The zero-order chi connectivity index (χ0) is 8.69. The topological polar surface area (TPSA) is 52.3 Å². The third-order valence-electron chi connectivity index (χ3n) is 1.33. The summed E-state index contributed by atoms with van der Waals surface area (Å²) in [6.45, 7) is 4.08. The Kier molecular flexibility index (Phi) is 5.11. The van der Waals surface area contributed by atoms with Gasteiger partial charge in [-0.15, -0.1) is 0 Å². The van der Waals surface area contributed by atoms with Crippen molar-refractivity contribution < 1.29 is 9.53 Å². The first-order chi connectivity index (χ1) is 5.26. The van der Waals surface area contributed by atoms with Gasteiger partial charge in [0.2, 0.25) is 0 Å². The van der Waals surface area contributed by atoms with Gasteiger partial charge in [0.15, 0.2) is 0 Å². The lowest BCUT2D eigenvalue weighted by molar-refractivity contribution is -0.104. The Balaban J connectivity index is 3.97. The predicted octanol–water partition coefficient (Wildman–Crippen LogP) is 0.621.